The Balaban J connectivity index is 1.47. The van der Waals surface area contributed by atoms with Crippen molar-refractivity contribution in [1.29, 1.82) is 5.41 Å². The van der Waals surface area contributed by atoms with Crippen LogP contribution < -0.4 is 11.5 Å². The second-order valence-corrected chi connectivity index (χ2v) is 10.1. The lowest BCUT2D eigenvalue weighted by Gasteiger charge is -2.32. The van der Waals surface area contributed by atoms with Crippen LogP contribution in [0.25, 0.3) is 16.5 Å². The number of benzene rings is 2. The number of nitrogens with one attached hydrogen (secondary N) is 2. The normalized spacial score (nSPS) is 15.9. The molecule has 1 aliphatic rings. The second-order valence-electron chi connectivity index (χ2n) is 10.1. The number of aromatic nitrogens is 1. The first kappa shape index (κ1) is 25.7. The van der Waals surface area contributed by atoms with Gasteiger partial charge in [0.1, 0.15) is 0 Å². The summed E-state index contributed by atoms with van der Waals surface area (Å²) in [6.45, 7) is 4.48. The number of anilines is 1. The quantitative estimate of drug-likeness (QED) is 0.267. The Morgan fingerprint density at radius 2 is 1.94 bits per heavy atom. The molecular formula is C29H39N7. The summed E-state index contributed by atoms with van der Waals surface area (Å²) in [7, 11) is 6.02. The lowest BCUT2D eigenvalue weighted by Crippen LogP contribution is -2.34. The number of H-pyrrole nitrogens is 1. The van der Waals surface area contributed by atoms with Gasteiger partial charge in [0.05, 0.1) is 11.4 Å². The zero-order valence-electron chi connectivity index (χ0n) is 21.7. The van der Waals surface area contributed by atoms with Crippen LogP contribution in [0.2, 0.25) is 0 Å². The van der Waals surface area contributed by atoms with Gasteiger partial charge in [-0.1, -0.05) is 12.1 Å². The topological polar surface area (TPSA) is 111 Å². The molecule has 0 spiro atoms. The lowest BCUT2D eigenvalue weighted by molar-refractivity contribution is 0.166. The molecule has 6 N–H and O–H groups in total. The first-order chi connectivity index (χ1) is 17.4. The van der Waals surface area contributed by atoms with Crippen LogP contribution in [0.5, 0.6) is 0 Å². The lowest BCUT2D eigenvalue weighted by atomic mass is 9.93. The van der Waals surface area contributed by atoms with E-state index in [1.807, 2.05) is 24.3 Å². The Hall–Kier alpha value is -3.42. The molecule has 0 radical (unpaired) electrons. The van der Waals surface area contributed by atoms with Gasteiger partial charge in [-0.25, -0.2) is 0 Å². The predicted molar refractivity (Wildman–Crippen MR) is 153 cm³/mol. The summed E-state index contributed by atoms with van der Waals surface area (Å²) in [4.78, 5) is 12.3. The van der Waals surface area contributed by atoms with Crippen molar-refractivity contribution in [3.05, 3.63) is 71.0 Å². The number of nitrogens with two attached hydrogens (primary N) is 2. The van der Waals surface area contributed by atoms with Gasteiger partial charge in [-0.05, 0) is 100 Å². The third-order valence-corrected chi connectivity index (χ3v) is 7.16. The number of likely N-dealkylation sites (tertiary alicyclic amines) is 1. The largest absolute Gasteiger partial charge is 0.404 e. The standard InChI is InChI=1S/C29H39N7/c1-33-18-24(17-30)22-5-6-26(31)25(15-22)29(32)28-16-23-14-21(4-7-27(23)34-28)19-36-12-9-20(10-13-36)8-11-35(2)3/h4-7,14-18,20,32,34H,8-13,19,30-31H2,1-3H3/b24-17+,32-29?,33-18?. The van der Waals surface area contributed by atoms with Gasteiger partial charge in [0.25, 0.3) is 0 Å². The van der Waals surface area contributed by atoms with Crippen molar-refractivity contribution in [2.75, 3.05) is 46.5 Å². The molecule has 0 bridgehead atoms. The second kappa shape index (κ2) is 11.5. The summed E-state index contributed by atoms with van der Waals surface area (Å²) < 4.78 is 0. The Bertz CT molecular complexity index is 1260. The van der Waals surface area contributed by atoms with Gasteiger partial charge >= 0.3 is 0 Å². The van der Waals surface area contributed by atoms with E-state index in [0.29, 0.717) is 17.0 Å². The van der Waals surface area contributed by atoms with E-state index in [2.05, 4.69) is 52.1 Å². The molecule has 4 rings (SSSR count). The van der Waals surface area contributed by atoms with Crippen LogP contribution in [0, 0.1) is 11.3 Å². The van der Waals surface area contributed by atoms with Crippen molar-refractivity contribution in [2.24, 2.45) is 16.6 Å². The number of piperidine rings is 1. The highest BCUT2D eigenvalue weighted by molar-refractivity contribution is 6.16. The average Bonchev–Trinajstić information content (AvgIpc) is 3.30. The summed E-state index contributed by atoms with van der Waals surface area (Å²) in [6.07, 6.45) is 7.09. The van der Waals surface area contributed by atoms with Gasteiger partial charge in [0.15, 0.2) is 0 Å². The molecule has 0 amide bonds. The van der Waals surface area contributed by atoms with Crippen molar-refractivity contribution in [1.82, 2.24) is 14.8 Å². The predicted octanol–water partition coefficient (Wildman–Crippen LogP) is 4.33. The molecule has 7 heteroatoms. The van der Waals surface area contributed by atoms with Crippen molar-refractivity contribution < 1.29 is 0 Å². The van der Waals surface area contributed by atoms with Crippen LogP contribution in [0.3, 0.4) is 0 Å². The number of allylic oxidation sites excluding steroid dienone is 1. The van der Waals surface area contributed by atoms with Crippen molar-refractivity contribution in [2.45, 2.75) is 25.8 Å². The van der Waals surface area contributed by atoms with Gasteiger partial charge in [-0.2, -0.15) is 0 Å². The van der Waals surface area contributed by atoms with Crippen molar-refractivity contribution in [3.63, 3.8) is 0 Å². The Kier molecular flexibility index (Phi) is 8.23. The molecule has 0 atom stereocenters. The highest BCUT2D eigenvalue weighted by Crippen LogP contribution is 2.26. The number of hydrogen-bond acceptors (Lipinski definition) is 6. The highest BCUT2D eigenvalue weighted by atomic mass is 15.1. The molecule has 1 aromatic heterocycles. The summed E-state index contributed by atoms with van der Waals surface area (Å²) in [6, 6.07) is 14.2. The number of rotatable bonds is 9. The van der Waals surface area contributed by atoms with Gasteiger partial charge < -0.3 is 21.4 Å². The first-order valence-electron chi connectivity index (χ1n) is 12.7. The van der Waals surface area contributed by atoms with Crippen LogP contribution in [0.4, 0.5) is 5.69 Å². The monoisotopic (exact) mass is 485 g/mol. The third kappa shape index (κ3) is 6.04. The maximum atomic E-state index is 8.87. The minimum Gasteiger partial charge on any atom is -0.404 e. The molecule has 3 aromatic rings. The molecule has 0 saturated carbocycles. The number of aliphatic imine (C=N–C) groups is 1. The molecule has 2 heterocycles. The Labute approximate surface area is 214 Å². The molecule has 0 unspecified atom stereocenters. The van der Waals surface area contributed by atoms with E-state index in [4.69, 9.17) is 16.9 Å². The van der Waals surface area contributed by atoms with E-state index in [1.165, 1.54) is 37.6 Å². The fourth-order valence-corrected chi connectivity index (χ4v) is 5.00. The third-order valence-electron chi connectivity index (χ3n) is 7.16. The van der Waals surface area contributed by atoms with E-state index in [9.17, 15) is 0 Å². The van der Waals surface area contributed by atoms with E-state index < -0.39 is 0 Å². The van der Waals surface area contributed by atoms with Crippen molar-refractivity contribution >= 4 is 34.1 Å². The smallest absolute Gasteiger partial charge is 0.0868 e. The maximum absolute atomic E-state index is 8.87. The number of aromatic amines is 1. The van der Waals surface area contributed by atoms with E-state index >= 15 is 0 Å². The van der Waals surface area contributed by atoms with Crippen LogP contribution >= 0.6 is 0 Å². The molecule has 1 saturated heterocycles. The Morgan fingerprint density at radius 1 is 1.17 bits per heavy atom. The van der Waals surface area contributed by atoms with Crippen LogP contribution in [-0.4, -0.2) is 67.5 Å². The maximum Gasteiger partial charge on any atom is 0.0868 e. The fraction of sp³-hybridized carbons (Fsp3) is 0.379. The molecule has 0 aliphatic carbocycles. The molecule has 7 nitrogen and oxygen atoms in total. The van der Waals surface area contributed by atoms with Gasteiger partial charge in [0.2, 0.25) is 0 Å². The molecule has 190 valence electrons. The molecule has 2 aromatic carbocycles. The van der Waals surface area contributed by atoms with Crippen molar-refractivity contribution in [3.8, 4) is 0 Å². The SMILES string of the molecule is CN=C/C(=C\N)c1ccc(N)c(C(=N)c2cc3cc(CN4CCC(CCN(C)C)CC4)ccc3[nH]2)c1. The van der Waals surface area contributed by atoms with Crippen LogP contribution in [0.1, 0.15) is 41.6 Å². The van der Waals surface area contributed by atoms with E-state index in [-0.39, 0.29) is 0 Å². The summed E-state index contributed by atoms with van der Waals surface area (Å²) >= 11 is 0. The Morgan fingerprint density at radius 3 is 2.64 bits per heavy atom. The number of hydrogen-bond donors (Lipinski definition) is 4. The zero-order chi connectivity index (χ0) is 25.7. The number of nitrogens with zero attached hydrogens (tertiary/aromatic N) is 3. The summed E-state index contributed by atoms with van der Waals surface area (Å²) in [5.41, 5.74) is 18.4. The molecule has 36 heavy (non-hydrogen) atoms. The zero-order valence-corrected chi connectivity index (χ0v) is 21.7. The molecule has 1 aliphatic heterocycles. The van der Waals surface area contributed by atoms with Gasteiger partial charge in [-0.3, -0.25) is 15.3 Å². The summed E-state index contributed by atoms with van der Waals surface area (Å²) in [5, 5.41) is 9.99. The van der Waals surface area contributed by atoms with Crippen LogP contribution in [-0.2, 0) is 6.54 Å². The first-order valence-corrected chi connectivity index (χ1v) is 12.7. The van der Waals surface area contributed by atoms with E-state index in [0.717, 1.165) is 53.3 Å². The van der Waals surface area contributed by atoms with Gasteiger partial charge in [0, 0.05) is 53.7 Å². The molecule has 1 fully saturated rings. The minimum atomic E-state index is 0.358. The van der Waals surface area contributed by atoms with E-state index in [1.54, 1.807) is 13.3 Å². The average molecular weight is 486 g/mol. The molecular weight excluding hydrogens is 446 g/mol. The minimum absolute atomic E-state index is 0.358. The summed E-state index contributed by atoms with van der Waals surface area (Å²) in [5.74, 6) is 0.848. The van der Waals surface area contributed by atoms with Crippen LogP contribution in [0.15, 0.2) is 53.7 Å². The highest BCUT2D eigenvalue weighted by Gasteiger charge is 2.19. The van der Waals surface area contributed by atoms with Gasteiger partial charge in [-0.15, -0.1) is 0 Å². The number of nitrogen functional groups attached to an aromatic ring is 1. The fourth-order valence-electron chi connectivity index (χ4n) is 5.00. The number of fused-ring (bicyclic) bond motifs is 1.